The van der Waals surface area contributed by atoms with Crippen LogP contribution in [0.5, 0.6) is 5.75 Å². The van der Waals surface area contributed by atoms with Crippen LogP contribution in [-0.4, -0.2) is 46.7 Å². The predicted molar refractivity (Wildman–Crippen MR) is 133 cm³/mol. The zero-order valence-electron chi connectivity index (χ0n) is 18.9. The van der Waals surface area contributed by atoms with E-state index in [1.54, 1.807) is 7.05 Å². The summed E-state index contributed by atoms with van der Waals surface area (Å²) >= 11 is 6.00. The number of anilines is 1. The Kier molecular flexibility index (Phi) is 6.20. The van der Waals surface area contributed by atoms with E-state index in [0.717, 1.165) is 16.7 Å². The van der Waals surface area contributed by atoms with Gasteiger partial charge in [0, 0.05) is 18.5 Å². The van der Waals surface area contributed by atoms with Gasteiger partial charge in [-0.15, -0.1) is 5.10 Å². The van der Waals surface area contributed by atoms with Gasteiger partial charge < -0.3 is 15.0 Å². The van der Waals surface area contributed by atoms with Crippen molar-refractivity contribution in [2.24, 2.45) is 0 Å². The number of benzene rings is 3. The molecule has 35 heavy (non-hydrogen) atoms. The molecule has 1 atom stereocenters. The van der Waals surface area contributed by atoms with Gasteiger partial charge in [-0.1, -0.05) is 60.1 Å². The van der Waals surface area contributed by atoms with E-state index in [2.05, 4.69) is 20.5 Å². The number of likely N-dealkylation sites (N-methyl/N-ethyl adjacent to an activating group) is 1. The third-order valence-corrected chi connectivity index (χ3v) is 6.04. The first kappa shape index (κ1) is 22.6. The molecule has 0 radical (unpaired) electrons. The molecular formula is C26H22ClN5O3. The third kappa shape index (κ3) is 4.88. The fraction of sp³-hybridized carbons (Fsp3) is 0.154. The average molecular weight is 488 g/mol. The lowest BCUT2D eigenvalue weighted by molar-refractivity contribution is -0.120. The first-order chi connectivity index (χ1) is 17.0. The highest BCUT2D eigenvalue weighted by atomic mass is 35.5. The summed E-state index contributed by atoms with van der Waals surface area (Å²) in [5.41, 5.74) is 3.53. The average Bonchev–Trinajstić information content (AvgIpc) is 3.31. The van der Waals surface area contributed by atoms with E-state index in [1.807, 2.05) is 72.8 Å². The zero-order chi connectivity index (χ0) is 24.4. The highest BCUT2D eigenvalue weighted by Gasteiger charge is 2.31. The number of H-pyrrole nitrogens is 1. The van der Waals surface area contributed by atoms with Gasteiger partial charge in [0.15, 0.2) is 0 Å². The zero-order valence-corrected chi connectivity index (χ0v) is 19.6. The second kappa shape index (κ2) is 9.60. The Hall–Kier alpha value is -4.17. The van der Waals surface area contributed by atoms with Crippen molar-refractivity contribution < 1.29 is 14.3 Å². The van der Waals surface area contributed by atoms with Crippen LogP contribution in [0.2, 0.25) is 5.02 Å². The van der Waals surface area contributed by atoms with Gasteiger partial charge in [0.05, 0.1) is 5.69 Å². The maximum Gasteiger partial charge on any atom is 0.291 e. The number of nitrogens with one attached hydrogen (secondary N) is 2. The first-order valence-electron chi connectivity index (χ1n) is 11.0. The molecule has 9 heteroatoms. The molecule has 0 aliphatic carbocycles. The Morgan fingerprint density at radius 1 is 1.11 bits per heavy atom. The number of hydrogen-bond acceptors (Lipinski definition) is 5. The van der Waals surface area contributed by atoms with Crippen molar-refractivity contribution in [3.63, 3.8) is 0 Å². The minimum absolute atomic E-state index is 0.0104. The molecule has 0 saturated heterocycles. The molecule has 5 rings (SSSR count). The number of aromatic amines is 1. The number of nitrogens with zero attached hydrogens (tertiary/aromatic N) is 3. The number of aromatic nitrogens is 3. The van der Waals surface area contributed by atoms with Crippen molar-refractivity contribution in [1.82, 2.24) is 20.5 Å². The molecule has 1 aliphatic rings. The molecule has 0 fully saturated rings. The van der Waals surface area contributed by atoms with Gasteiger partial charge in [-0.3, -0.25) is 14.7 Å². The quantitative estimate of drug-likeness (QED) is 0.445. The van der Waals surface area contributed by atoms with Crippen LogP contribution < -0.4 is 15.0 Å². The molecule has 8 nitrogen and oxygen atoms in total. The first-order valence-corrected chi connectivity index (χ1v) is 11.4. The minimum atomic E-state index is -0.894. The van der Waals surface area contributed by atoms with Crippen LogP contribution in [0.15, 0.2) is 72.8 Å². The lowest BCUT2D eigenvalue weighted by Crippen LogP contribution is -2.49. The van der Waals surface area contributed by atoms with Crippen molar-refractivity contribution in [2.75, 3.05) is 18.6 Å². The molecule has 0 bridgehead atoms. The maximum atomic E-state index is 13.2. The van der Waals surface area contributed by atoms with Crippen molar-refractivity contribution in [2.45, 2.75) is 12.5 Å². The van der Waals surface area contributed by atoms with Crippen LogP contribution in [0.25, 0.3) is 11.1 Å². The van der Waals surface area contributed by atoms with E-state index in [1.165, 1.54) is 4.90 Å². The molecule has 2 heterocycles. The second-order valence-corrected chi connectivity index (χ2v) is 8.63. The van der Waals surface area contributed by atoms with Crippen LogP contribution in [0.4, 0.5) is 5.69 Å². The number of halogens is 1. The molecule has 1 aliphatic heterocycles. The second-order valence-electron chi connectivity index (χ2n) is 8.19. The maximum absolute atomic E-state index is 13.2. The highest BCUT2D eigenvalue weighted by Crippen LogP contribution is 2.35. The van der Waals surface area contributed by atoms with Gasteiger partial charge in [-0.05, 0) is 41.0 Å². The Balaban J connectivity index is 1.30. The number of carbonyl (C=O) groups excluding carboxylic acids is 2. The summed E-state index contributed by atoms with van der Waals surface area (Å²) in [7, 11) is 1.66. The molecule has 4 aromatic rings. The van der Waals surface area contributed by atoms with Gasteiger partial charge in [0.1, 0.15) is 24.2 Å². The summed E-state index contributed by atoms with van der Waals surface area (Å²) in [5, 5.41) is 10.2. The summed E-state index contributed by atoms with van der Waals surface area (Å²) in [5.74, 6) is 0.231. The fourth-order valence-electron chi connectivity index (χ4n) is 3.91. The van der Waals surface area contributed by atoms with Gasteiger partial charge in [-0.25, -0.2) is 4.98 Å². The van der Waals surface area contributed by atoms with Crippen molar-refractivity contribution in [1.29, 1.82) is 0 Å². The van der Waals surface area contributed by atoms with Gasteiger partial charge in [0.25, 0.3) is 11.8 Å². The van der Waals surface area contributed by atoms with E-state index < -0.39 is 11.9 Å². The van der Waals surface area contributed by atoms with Crippen molar-refractivity contribution in [3.05, 3.63) is 95.0 Å². The van der Waals surface area contributed by atoms with E-state index in [9.17, 15) is 9.59 Å². The van der Waals surface area contributed by atoms with Crippen LogP contribution >= 0.6 is 11.6 Å². The summed E-state index contributed by atoms with van der Waals surface area (Å²) in [6.07, 6.45) is 0.514. The normalized spacial score (nSPS) is 15.2. The van der Waals surface area contributed by atoms with Crippen molar-refractivity contribution >= 4 is 29.1 Å². The van der Waals surface area contributed by atoms with Crippen LogP contribution in [0.1, 0.15) is 22.0 Å². The van der Waals surface area contributed by atoms with Crippen LogP contribution in [0.3, 0.4) is 0 Å². The van der Waals surface area contributed by atoms with Crippen LogP contribution in [-0.2, 0) is 11.2 Å². The highest BCUT2D eigenvalue weighted by molar-refractivity contribution is 6.30. The Bertz CT molecular complexity index is 1370. The SMILES string of the molecule is CN1C(=O)[C@@H](NC(=O)c2n[nH]c(Cc3ccccc3)n2)COc2ccc(-c3ccc(Cl)cc3)cc21. The van der Waals surface area contributed by atoms with Gasteiger partial charge in [0.2, 0.25) is 5.82 Å². The van der Waals surface area contributed by atoms with E-state index in [0.29, 0.717) is 28.7 Å². The van der Waals surface area contributed by atoms with Gasteiger partial charge >= 0.3 is 0 Å². The molecule has 1 aromatic heterocycles. The molecule has 2 amide bonds. The summed E-state index contributed by atoms with van der Waals surface area (Å²) in [6.45, 7) is -0.0104. The number of carbonyl (C=O) groups is 2. The lowest BCUT2D eigenvalue weighted by Gasteiger charge is -2.20. The predicted octanol–water partition coefficient (Wildman–Crippen LogP) is 3.87. The lowest BCUT2D eigenvalue weighted by atomic mass is 10.0. The summed E-state index contributed by atoms with van der Waals surface area (Å²) < 4.78 is 5.89. The molecule has 0 saturated carbocycles. The topological polar surface area (TPSA) is 100 Å². The molecule has 3 aromatic carbocycles. The number of rotatable bonds is 5. The molecular weight excluding hydrogens is 466 g/mol. The van der Waals surface area contributed by atoms with E-state index in [-0.39, 0.29) is 18.3 Å². The fourth-order valence-corrected chi connectivity index (χ4v) is 4.04. The Morgan fingerprint density at radius 3 is 2.63 bits per heavy atom. The molecule has 2 N–H and O–H groups in total. The Morgan fingerprint density at radius 2 is 1.86 bits per heavy atom. The number of amides is 2. The number of hydrogen-bond donors (Lipinski definition) is 2. The molecule has 176 valence electrons. The third-order valence-electron chi connectivity index (χ3n) is 5.79. The molecule has 0 spiro atoms. The largest absolute Gasteiger partial charge is 0.489 e. The van der Waals surface area contributed by atoms with E-state index in [4.69, 9.17) is 16.3 Å². The monoisotopic (exact) mass is 487 g/mol. The van der Waals surface area contributed by atoms with E-state index >= 15 is 0 Å². The summed E-state index contributed by atoms with van der Waals surface area (Å²) in [6, 6.07) is 21.9. The van der Waals surface area contributed by atoms with Crippen LogP contribution in [0, 0.1) is 0 Å². The summed E-state index contributed by atoms with van der Waals surface area (Å²) in [4.78, 5) is 31.7. The number of ether oxygens (including phenoxy) is 1. The molecule has 0 unspecified atom stereocenters. The number of fused-ring (bicyclic) bond motifs is 1. The van der Waals surface area contributed by atoms with Gasteiger partial charge in [-0.2, -0.15) is 0 Å². The minimum Gasteiger partial charge on any atom is -0.489 e. The standard InChI is InChI=1S/C26H22ClN5O3/c1-32-21-14-18(17-7-10-19(27)11-8-17)9-12-22(21)35-15-20(26(32)34)28-25(33)24-29-23(30-31-24)13-16-5-3-2-4-6-16/h2-12,14,20H,13,15H2,1H3,(H,28,33)(H,29,30,31)/t20-/m0/s1. The smallest absolute Gasteiger partial charge is 0.291 e. The van der Waals surface area contributed by atoms with Crippen molar-refractivity contribution in [3.8, 4) is 16.9 Å². The Labute approximate surface area is 206 Å².